The van der Waals surface area contributed by atoms with E-state index in [0.29, 0.717) is 0 Å². The molecule has 19 heavy (non-hydrogen) atoms. The van der Waals surface area contributed by atoms with Crippen LogP contribution in [0.25, 0.3) is 0 Å². The summed E-state index contributed by atoms with van der Waals surface area (Å²) in [5.41, 5.74) is 0.649. The number of carboxylic acid groups (broad SMARTS) is 1. The smallest absolute Gasteiger partial charge is 0.338 e. The maximum atomic E-state index is 13.4. The number of halogens is 1. The number of aromatic carboxylic acids is 1. The van der Waals surface area contributed by atoms with Crippen LogP contribution < -0.4 is 5.32 Å². The van der Waals surface area contributed by atoms with Crippen LogP contribution in [0.3, 0.4) is 0 Å². The van der Waals surface area contributed by atoms with Crippen molar-refractivity contribution in [3.05, 3.63) is 53.2 Å². The fourth-order valence-corrected chi connectivity index (χ4v) is 1.49. The van der Waals surface area contributed by atoms with Crippen LogP contribution in [-0.2, 0) is 0 Å². The minimum absolute atomic E-state index is 0.0123. The normalized spacial score (nSPS) is 10.2. The molecule has 0 bridgehead atoms. The van der Waals surface area contributed by atoms with Gasteiger partial charge in [0.25, 0.3) is 5.91 Å². The Morgan fingerprint density at radius 3 is 2.68 bits per heavy atom. The Morgan fingerprint density at radius 2 is 2.05 bits per heavy atom. The lowest BCUT2D eigenvalue weighted by Gasteiger charge is -2.05. The van der Waals surface area contributed by atoms with Gasteiger partial charge in [-0.05, 0) is 24.6 Å². The molecule has 0 fully saturated rings. The molecule has 0 aliphatic carbocycles. The monoisotopic (exact) mass is 263 g/mol. The van der Waals surface area contributed by atoms with E-state index in [-0.39, 0.29) is 17.0 Å². The third kappa shape index (κ3) is 2.79. The number of carbonyl (C=O) groups excluding carboxylic acids is 1. The maximum absolute atomic E-state index is 13.4. The lowest BCUT2D eigenvalue weighted by Crippen LogP contribution is -2.12. The minimum Gasteiger partial charge on any atom is -0.478 e. The average Bonchev–Trinajstić information content (AvgIpc) is 2.83. The Morgan fingerprint density at radius 1 is 1.32 bits per heavy atom. The van der Waals surface area contributed by atoms with Crippen molar-refractivity contribution < 1.29 is 23.5 Å². The molecule has 0 aliphatic heterocycles. The van der Waals surface area contributed by atoms with Crippen molar-refractivity contribution in [3.63, 3.8) is 0 Å². The molecular formula is C13H10FNO4. The van der Waals surface area contributed by atoms with E-state index in [9.17, 15) is 14.0 Å². The standard InChI is InChI=1S/C13H10FNO4/c1-7-2-3-9(14)10(4-7)15-12(16)11-5-8(6-19-11)13(17)18/h2-6H,1H3,(H,15,16)(H,17,18). The van der Waals surface area contributed by atoms with E-state index in [1.165, 1.54) is 12.1 Å². The molecule has 2 N–H and O–H groups in total. The number of hydrogen-bond acceptors (Lipinski definition) is 3. The number of rotatable bonds is 3. The molecule has 1 heterocycles. The van der Waals surface area contributed by atoms with Gasteiger partial charge in [-0.2, -0.15) is 0 Å². The Hall–Kier alpha value is -2.63. The maximum Gasteiger partial charge on any atom is 0.338 e. The summed E-state index contributed by atoms with van der Waals surface area (Å²) in [6, 6.07) is 5.34. The SMILES string of the molecule is Cc1ccc(F)c(NC(=O)c2cc(C(=O)O)co2)c1. The molecule has 2 aromatic rings. The molecule has 6 heteroatoms. The molecule has 1 amide bonds. The van der Waals surface area contributed by atoms with Gasteiger partial charge in [-0.3, -0.25) is 4.79 Å². The predicted molar refractivity (Wildman–Crippen MR) is 64.8 cm³/mol. The summed E-state index contributed by atoms with van der Waals surface area (Å²) < 4.78 is 18.3. The van der Waals surface area contributed by atoms with Crippen molar-refractivity contribution in [2.24, 2.45) is 0 Å². The molecule has 0 atom stereocenters. The van der Waals surface area contributed by atoms with Crippen LogP contribution in [0.1, 0.15) is 26.5 Å². The van der Waals surface area contributed by atoms with Gasteiger partial charge in [-0.15, -0.1) is 0 Å². The molecule has 0 aliphatic rings. The van der Waals surface area contributed by atoms with Gasteiger partial charge >= 0.3 is 5.97 Å². The van der Waals surface area contributed by atoms with Crippen LogP contribution in [0.4, 0.5) is 10.1 Å². The van der Waals surface area contributed by atoms with Gasteiger partial charge in [-0.25, -0.2) is 9.18 Å². The summed E-state index contributed by atoms with van der Waals surface area (Å²) in [5, 5.41) is 11.0. The Kier molecular flexibility index (Phi) is 3.33. The van der Waals surface area contributed by atoms with Crippen molar-refractivity contribution in [3.8, 4) is 0 Å². The summed E-state index contributed by atoms with van der Waals surface area (Å²) in [4.78, 5) is 22.4. The number of carbonyl (C=O) groups is 2. The molecule has 98 valence electrons. The zero-order valence-electron chi connectivity index (χ0n) is 9.94. The van der Waals surface area contributed by atoms with E-state index >= 15 is 0 Å². The van der Waals surface area contributed by atoms with E-state index in [2.05, 4.69) is 5.32 Å². The first kappa shape index (κ1) is 12.8. The molecule has 1 aromatic carbocycles. The third-order valence-corrected chi connectivity index (χ3v) is 2.44. The van der Waals surface area contributed by atoms with E-state index < -0.39 is 17.7 Å². The van der Waals surface area contributed by atoms with Crippen molar-refractivity contribution in [2.45, 2.75) is 6.92 Å². The lowest BCUT2D eigenvalue weighted by atomic mass is 10.2. The van der Waals surface area contributed by atoms with Crippen molar-refractivity contribution >= 4 is 17.6 Å². The van der Waals surface area contributed by atoms with E-state index in [0.717, 1.165) is 17.9 Å². The van der Waals surface area contributed by atoms with Crippen molar-refractivity contribution in [1.82, 2.24) is 0 Å². The van der Waals surface area contributed by atoms with Gasteiger partial charge < -0.3 is 14.8 Å². The Bertz CT molecular complexity index is 648. The molecule has 5 nitrogen and oxygen atoms in total. The highest BCUT2D eigenvalue weighted by Gasteiger charge is 2.16. The molecule has 0 saturated heterocycles. The average molecular weight is 263 g/mol. The highest BCUT2D eigenvalue weighted by Crippen LogP contribution is 2.17. The highest BCUT2D eigenvalue weighted by atomic mass is 19.1. The van der Waals surface area contributed by atoms with E-state index in [1.807, 2.05) is 0 Å². The van der Waals surface area contributed by atoms with Crippen LogP contribution >= 0.6 is 0 Å². The Balaban J connectivity index is 2.20. The van der Waals surface area contributed by atoms with Gasteiger partial charge in [0.05, 0.1) is 11.3 Å². The number of furan rings is 1. The summed E-state index contributed by atoms with van der Waals surface area (Å²) in [6.45, 7) is 1.75. The van der Waals surface area contributed by atoms with Crippen LogP contribution in [-0.4, -0.2) is 17.0 Å². The molecule has 1 aromatic heterocycles. The van der Waals surface area contributed by atoms with Gasteiger partial charge in [0.2, 0.25) is 0 Å². The predicted octanol–water partition coefficient (Wildman–Crippen LogP) is 2.68. The van der Waals surface area contributed by atoms with Crippen LogP contribution in [0.5, 0.6) is 0 Å². The molecule has 0 spiro atoms. The largest absolute Gasteiger partial charge is 0.478 e. The first-order valence-electron chi connectivity index (χ1n) is 5.36. The lowest BCUT2D eigenvalue weighted by molar-refractivity contribution is 0.0696. The van der Waals surface area contributed by atoms with Gasteiger partial charge in [0, 0.05) is 6.07 Å². The molecular weight excluding hydrogens is 253 g/mol. The van der Waals surface area contributed by atoms with Gasteiger partial charge in [0.1, 0.15) is 12.1 Å². The quantitative estimate of drug-likeness (QED) is 0.892. The molecule has 0 saturated carbocycles. The summed E-state index contributed by atoms with van der Waals surface area (Å²) in [5.74, 6) is -2.69. The second-order valence-corrected chi connectivity index (χ2v) is 3.94. The summed E-state index contributed by atoms with van der Waals surface area (Å²) >= 11 is 0. The van der Waals surface area contributed by atoms with Gasteiger partial charge in [0.15, 0.2) is 5.76 Å². The molecule has 0 unspecified atom stereocenters. The number of aryl methyl sites for hydroxylation is 1. The topological polar surface area (TPSA) is 79.5 Å². The third-order valence-electron chi connectivity index (χ3n) is 2.44. The fraction of sp³-hybridized carbons (Fsp3) is 0.0769. The first-order chi connectivity index (χ1) is 8.97. The highest BCUT2D eigenvalue weighted by molar-refractivity contribution is 6.03. The zero-order valence-corrected chi connectivity index (χ0v) is 9.94. The second-order valence-electron chi connectivity index (χ2n) is 3.94. The molecule has 0 radical (unpaired) electrons. The van der Waals surface area contributed by atoms with Crippen molar-refractivity contribution in [1.29, 1.82) is 0 Å². The number of nitrogens with one attached hydrogen (secondary N) is 1. The van der Waals surface area contributed by atoms with Crippen LogP contribution in [0, 0.1) is 12.7 Å². The number of hydrogen-bond donors (Lipinski definition) is 2. The summed E-state index contributed by atoms with van der Waals surface area (Å²) in [7, 11) is 0. The van der Waals surface area contributed by atoms with Gasteiger partial charge in [-0.1, -0.05) is 6.07 Å². The number of benzene rings is 1. The second kappa shape index (κ2) is 4.93. The number of anilines is 1. The Labute approximate surface area is 107 Å². The number of carboxylic acids is 1. The van der Waals surface area contributed by atoms with Crippen LogP contribution in [0.15, 0.2) is 34.9 Å². The minimum atomic E-state index is -1.20. The van der Waals surface area contributed by atoms with Crippen LogP contribution in [0.2, 0.25) is 0 Å². The van der Waals surface area contributed by atoms with E-state index in [4.69, 9.17) is 9.52 Å². The van der Waals surface area contributed by atoms with Crippen molar-refractivity contribution in [2.75, 3.05) is 5.32 Å². The number of amides is 1. The zero-order chi connectivity index (χ0) is 14.0. The fourth-order valence-electron chi connectivity index (χ4n) is 1.49. The summed E-state index contributed by atoms with van der Waals surface area (Å²) in [6.07, 6.45) is 0.948. The van der Waals surface area contributed by atoms with E-state index in [1.54, 1.807) is 13.0 Å². The first-order valence-corrected chi connectivity index (χ1v) is 5.36. The molecule has 2 rings (SSSR count).